The number of halogens is 1. The third-order valence-electron chi connectivity index (χ3n) is 8.49. The third kappa shape index (κ3) is 2.29. The minimum absolute atomic E-state index is 0.144. The van der Waals surface area contributed by atoms with E-state index >= 15 is 4.39 Å². The number of nitrogens with zero attached hydrogens (tertiary/aromatic N) is 2. The lowest BCUT2D eigenvalue weighted by molar-refractivity contribution is 0.0318. The molecule has 2 aliphatic heterocycles. The lowest BCUT2D eigenvalue weighted by Crippen LogP contribution is -2.58. The molecule has 6 nitrogen and oxygen atoms in total. The molecule has 166 valence electrons. The first-order valence-electron chi connectivity index (χ1n) is 11.1. The van der Waals surface area contributed by atoms with Crippen LogP contribution in [0.25, 0.3) is 15.7 Å². The van der Waals surface area contributed by atoms with Crippen LogP contribution in [0.4, 0.5) is 10.1 Å². The van der Waals surface area contributed by atoms with Crippen molar-refractivity contribution < 1.29 is 14.3 Å². The van der Waals surface area contributed by atoms with Crippen molar-refractivity contribution in [3.05, 3.63) is 38.6 Å². The normalized spacial score (nSPS) is 30.6. The quantitative estimate of drug-likeness (QED) is 0.589. The van der Waals surface area contributed by atoms with Gasteiger partial charge in [0.15, 0.2) is 0 Å². The maximum absolute atomic E-state index is 15.7. The number of hydrogen-bond acceptors (Lipinski definition) is 6. The zero-order valence-electron chi connectivity index (χ0n) is 17.3. The average molecular weight is 472 g/mol. The number of aromatic carboxylic acids is 1. The Bertz CT molecular complexity index is 1410. The lowest BCUT2D eigenvalue weighted by atomic mass is 9.56. The standard InChI is InChI=1S/C23H22FN3O3S2/c24-15-5-11-18-13(8-31-16-9-32-21(27(16)18)17(20(11)28)22(29)30)19(15)26-6-12-10-1-3-23(25,4-2-10)14(12)7-26/h5,9-10,12,14H,1-4,6-8,25H2,(H,29,30). The van der Waals surface area contributed by atoms with Crippen LogP contribution in [0.15, 0.2) is 21.3 Å². The van der Waals surface area contributed by atoms with Crippen LogP contribution in [0.3, 0.4) is 0 Å². The Kier molecular flexibility index (Phi) is 3.80. The summed E-state index contributed by atoms with van der Waals surface area (Å²) < 4.78 is 17.5. The van der Waals surface area contributed by atoms with Gasteiger partial charge in [-0.1, -0.05) is 0 Å². The largest absolute Gasteiger partial charge is 0.477 e. The van der Waals surface area contributed by atoms with Crippen LogP contribution >= 0.6 is 23.1 Å². The molecule has 2 aromatic heterocycles. The van der Waals surface area contributed by atoms with Crippen molar-refractivity contribution in [3.63, 3.8) is 0 Å². The fraction of sp³-hybridized carbons (Fsp3) is 0.478. The molecule has 1 saturated heterocycles. The smallest absolute Gasteiger partial charge is 0.342 e. The first-order chi connectivity index (χ1) is 15.4. The first-order valence-corrected chi connectivity index (χ1v) is 12.9. The third-order valence-corrected chi connectivity index (χ3v) is 10.6. The molecule has 3 aromatic rings. The van der Waals surface area contributed by atoms with Crippen LogP contribution in [0.2, 0.25) is 0 Å². The zero-order valence-corrected chi connectivity index (χ0v) is 18.9. The van der Waals surface area contributed by atoms with Gasteiger partial charge in [0.1, 0.15) is 16.2 Å². The SMILES string of the molecule is NC12CCC(CC1)C1CN(c3c(F)cc4c(=O)c(C(=O)O)c5scc6n5c4c3CS6)CC12. The molecular weight excluding hydrogens is 449 g/mol. The highest BCUT2D eigenvalue weighted by atomic mass is 32.2. The van der Waals surface area contributed by atoms with E-state index in [0.717, 1.165) is 36.5 Å². The topological polar surface area (TPSA) is 88.0 Å². The average Bonchev–Trinajstić information content (AvgIpc) is 3.39. The molecule has 2 atom stereocenters. The number of carboxylic acid groups (broad SMARTS) is 1. The summed E-state index contributed by atoms with van der Waals surface area (Å²) in [5.74, 6) is 0.395. The van der Waals surface area contributed by atoms with Gasteiger partial charge >= 0.3 is 5.97 Å². The van der Waals surface area contributed by atoms with Crippen molar-refractivity contribution in [2.24, 2.45) is 23.5 Å². The highest BCUT2D eigenvalue weighted by molar-refractivity contribution is 7.98. The van der Waals surface area contributed by atoms with Crippen LogP contribution in [-0.2, 0) is 5.75 Å². The summed E-state index contributed by atoms with van der Waals surface area (Å²) >= 11 is 2.83. The fourth-order valence-corrected chi connectivity index (χ4v) is 9.28. The summed E-state index contributed by atoms with van der Waals surface area (Å²) in [5.41, 5.74) is 7.86. The van der Waals surface area contributed by atoms with Gasteiger partial charge in [-0.3, -0.25) is 9.20 Å². The molecule has 9 heteroatoms. The Morgan fingerprint density at radius 1 is 1.28 bits per heavy atom. The number of thioether (sulfide) groups is 1. The van der Waals surface area contributed by atoms with Gasteiger partial charge in [-0.2, -0.15) is 0 Å². The van der Waals surface area contributed by atoms with E-state index in [4.69, 9.17) is 5.73 Å². The van der Waals surface area contributed by atoms with Gasteiger partial charge < -0.3 is 15.7 Å². The van der Waals surface area contributed by atoms with Gasteiger partial charge in [0.2, 0.25) is 5.43 Å². The number of pyridine rings is 1. The molecule has 1 aromatic carbocycles. The van der Waals surface area contributed by atoms with E-state index in [0.29, 0.717) is 39.5 Å². The number of rotatable bonds is 2. The number of thiazole rings is 1. The maximum Gasteiger partial charge on any atom is 0.342 e. The monoisotopic (exact) mass is 471 g/mol. The minimum atomic E-state index is -1.27. The number of hydrogen-bond donors (Lipinski definition) is 2. The summed E-state index contributed by atoms with van der Waals surface area (Å²) in [6.45, 7) is 1.55. The molecule has 3 saturated carbocycles. The fourth-order valence-electron chi connectivity index (χ4n) is 7.02. The van der Waals surface area contributed by atoms with Gasteiger partial charge in [0, 0.05) is 35.3 Å². The number of anilines is 1. The van der Waals surface area contributed by atoms with Gasteiger partial charge in [0.25, 0.3) is 0 Å². The molecule has 3 N–H and O–H groups in total. The predicted molar refractivity (Wildman–Crippen MR) is 124 cm³/mol. The summed E-state index contributed by atoms with van der Waals surface area (Å²) in [6, 6.07) is 1.27. The second-order valence-corrected chi connectivity index (χ2v) is 11.7. The molecule has 2 unspecified atom stereocenters. The molecule has 0 amide bonds. The minimum Gasteiger partial charge on any atom is -0.477 e. The first kappa shape index (κ1) is 19.4. The Balaban J connectivity index is 1.47. The van der Waals surface area contributed by atoms with Gasteiger partial charge in [-0.15, -0.1) is 23.1 Å². The Labute approximate surface area is 191 Å². The van der Waals surface area contributed by atoms with E-state index in [1.807, 2.05) is 9.78 Å². The highest BCUT2D eigenvalue weighted by Gasteiger charge is 2.55. The summed E-state index contributed by atoms with van der Waals surface area (Å²) in [5, 5.41) is 12.6. The zero-order chi connectivity index (χ0) is 21.9. The van der Waals surface area contributed by atoms with Gasteiger partial charge in [-0.25, -0.2) is 9.18 Å². The molecular formula is C23H22FN3O3S2. The molecule has 4 heterocycles. The van der Waals surface area contributed by atoms with Crippen molar-refractivity contribution in [3.8, 4) is 0 Å². The van der Waals surface area contributed by atoms with E-state index in [2.05, 4.69) is 4.90 Å². The number of nitrogens with two attached hydrogens (primary N) is 1. The van der Waals surface area contributed by atoms with E-state index in [9.17, 15) is 14.7 Å². The van der Waals surface area contributed by atoms with E-state index in [1.54, 1.807) is 11.8 Å². The molecule has 8 rings (SSSR count). The summed E-state index contributed by atoms with van der Waals surface area (Å²) in [7, 11) is 0. The number of aromatic nitrogens is 1. The second kappa shape index (κ2) is 6.27. The molecule has 0 spiro atoms. The Morgan fingerprint density at radius 2 is 2.06 bits per heavy atom. The van der Waals surface area contributed by atoms with Crippen molar-refractivity contribution in [2.75, 3.05) is 18.0 Å². The number of benzene rings is 1. The van der Waals surface area contributed by atoms with E-state index in [-0.39, 0.29) is 16.5 Å². The van der Waals surface area contributed by atoms with E-state index in [1.165, 1.54) is 30.2 Å². The Hall–Kier alpha value is -2.10. The van der Waals surface area contributed by atoms with Gasteiger partial charge in [0.05, 0.1) is 21.6 Å². The Morgan fingerprint density at radius 3 is 2.78 bits per heavy atom. The molecule has 32 heavy (non-hydrogen) atoms. The lowest BCUT2D eigenvalue weighted by Gasteiger charge is -2.52. The van der Waals surface area contributed by atoms with Crippen LogP contribution in [0.5, 0.6) is 0 Å². The van der Waals surface area contributed by atoms with E-state index < -0.39 is 17.2 Å². The van der Waals surface area contributed by atoms with Crippen molar-refractivity contribution in [1.29, 1.82) is 0 Å². The summed E-state index contributed by atoms with van der Waals surface area (Å²) in [4.78, 5) is 27.6. The van der Waals surface area contributed by atoms with Crippen molar-refractivity contribution in [2.45, 2.75) is 42.0 Å². The molecule has 5 aliphatic rings. The second-order valence-electron chi connectivity index (χ2n) is 9.84. The number of carboxylic acids is 1. The number of fused-ring (bicyclic) bond motifs is 2. The van der Waals surface area contributed by atoms with Crippen LogP contribution in [0, 0.1) is 23.6 Å². The molecule has 2 bridgehead atoms. The molecule has 4 fully saturated rings. The maximum atomic E-state index is 15.7. The van der Waals surface area contributed by atoms with Crippen molar-refractivity contribution >= 4 is 50.5 Å². The van der Waals surface area contributed by atoms with Gasteiger partial charge in [-0.05, 0) is 49.5 Å². The highest BCUT2D eigenvalue weighted by Crippen LogP contribution is 2.54. The number of carbonyl (C=O) groups is 1. The van der Waals surface area contributed by atoms with Crippen LogP contribution in [0.1, 0.15) is 41.6 Å². The van der Waals surface area contributed by atoms with Crippen molar-refractivity contribution in [1.82, 2.24) is 4.40 Å². The van der Waals surface area contributed by atoms with Crippen LogP contribution in [-0.4, -0.2) is 34.1 Å². The predicted octanol–water partition coefficient (Wildman–Crippen LogP) is 3.91. The molecule has 0 radical (unpaired) electrons. The summed E-state index contributed by atoms with van der Waals surface area (Å²) in [6.07, 6.45) is 4.45. The molecule has 3 aliphatic carbocycles. The van der Waals surface area contributed by atoms with Crippen LogP contribution < -0.4 is 16.1 Å².